The molecule has 0 aliphatic heterocycles. The van der Waals surface area contributed by atoms with Crippen LogP contribution in [0.15, 0.2) is 10.7 Å². The molecule has 0 unspecified atom stereocenters. The van der Waals surface area contributed by atoms with Crippen molar-refractivity contribution in [3.8, 4) is 0 Å². The summed E-state index contributed by atoms with van der Waals surface area (Å²) >= 11 is 7.77. The molecule has 0 bridgehead atoms. The zero-order valence-corrected chi connectivity index (χ0v) is 9.63. The van der Waals surface area contributed by atoms with Gasteiger partial charge < -0.3 is 0 Å². The van der Waals surface area contributed by atoms with Crippen LogP contribution in [0.2, 0.25) is 0 Å². The Morgan fingerprint density at radius 3 is 2.56 bits per heavy atom. The molecule has 1 rings (SSSR count). The van der Waals surface area contributed by atoms with Crippen molar-refractivity contribution < 1.29 is 18.5 Å². The molecule has 0 fully saturated rings. The highest BCUT2D eigenvalue weighted by molar-refractivity contribution is 9.10. The summed E-state index contributed by atoms with van der Waals surface area (Å²) in [5.41, 5.74) is -2.16. The van der Waals surface area contributed by atoms with Crippen molar-refractivity contribution in [3.05, 3.63) is 32.0 Å². The summed E-state index contributed by atoms with van der Waals surface area (Å²) in [4.78, 5) is 23.7. The van der Waals surface area contributed by atoms with Gasteiger partial charge in [0, 0.05) is 6.07 Å². The summed E-state index contributed by atoms with van der Waals surface area (Å²) < 4.78 is 24.2. The van der Waals surface area contributed by atoms with Gasteiger partial charge in [0.25, 0.3) is 17.4 Å². The van der Waals surface area contributed by atoms with E-state index in [1.807, 2.05) is 0 Å². The number of rotatable bonds is 3. The predicted octanol–water partition coefficient (Wildman–Crippen LogP) is 3.07. The van der Waals surface area contributed by atoms with E-state index in [1.165, 1.54) is 0 Å². The highest BCUT2D eigenvalue weighted by Gasteiger charge is 2.26. The molecule has 1 heterocycles. The molecule has 5 nitrogen and oxygen atoms in total. The largest absolute Gasteiger partial charge is 0.286 e. The van der Waals surface area contributed by atoms with Crippen molar-refractivity contribution >= 4 is 38.5 Å². The van der Waals surface area contributed by atoms with Gasteiger partial charge in [-0.3, -0.25) is 14.9 Å². The Bertz CT molecular complexity index is 469. The lowest BCUT2D eigenvalue weighted by molar-refractivity contribution is -0.385. The van der Waals surface area contributed by atoms with Crippen LogP contribution in [0.25, 0.3) is 0 Å². The molecule has 0 aromatic carbocycles. The first-order valence-electron chi connectivity index (χ1n) is 3.67. The lowest BCUT2D eigenvalue weighted by Crippen LogP contribution is -2.04. The van der Waals surface area contributed by atoms with Crippen molar-refractivity contribution in [1.82, 2.24) is 4.98 Å². The smallest absolute Gasteiger partial charge is 0.275 e. The second-order valence-corrected chi connectivity index (χ2v) is 3.66. The van der Waals surface area contributed by atoms with E-state index in [0.717, 1.165) is 0 Å². The molecule has 0 saturated carbocycles. The standard InChI is InChI=1S/C7H2BrClF2N2O3/c8-5-4(6(9)14)3(13(15)16)1-2(12-5)7(10)11/h1,7H. The maximum absolute atomic E-state index is 12.3. The van der Waals surface area contributed by atoms with Gasteiger partial charge in [0.15, 0.2) is 0 Å². The average molecular weight is 315 g/mol. The predicted molar refractivity (Wildman–Crippen MR) is 53.7 cm³/mol. The molecule has 16 heavy (non-hydrogen) atoms. The fraction of sp³-hybridized carbons (Fsp3) is 0.143. The summed E-state index contributed by atoms with van der Waals surface area (Å²) in [5.74, 6) is 0. The summed E-state index contributed by atoms with van der Waals surface area (Å²) in [6, 6.07) is 0.519. The molecule has 0 radical (unpaired) electrons. The zero-order valence-electron chi connectivity index (χ0n) is 7.29. The lowest BCUT2D eigenvalue weighted by atomic mass is 10.2. The van der Waals surface area contributed by atoms with Crippen LogP contribution >= 0.6 is 27.5 Å². The molecule has 0 N–H and O–H groups in total. The molecule has 1 aromatic heterocycles. The summed E-state index contributed by atoms with van der Waals surface area (Å²) in [6.45, 7) is 0. The molecule has 9 heteroatoms. The average Bonchev–Trinajstić information content (AvgIpc) is 2.15. The maximum Gasteiger partial charge on any atom is 0.286 e. The number of aromatic nitrogens is 1. The second kappa shape index (κ2) is 4.79. The second-order valence-electron chi connectivity index (χ2n) is 2.56. The molecule has 0 spiro atoms. The third-order valence-corrected chi connectivity index (χ3v) is 2.35. The minimum absolute atomic E-state index is 0.378. The van der Waals surface area contributed by atoms with E-state index in [0.29, 0.717) is 6.07 Å². The number of carbonyl (C=O) groups excluding carboxylic acids is 1. The highest BCUT2D eigenvalue weighted by atomic mass is 79.9. The topological polar surface area (TPSA) is 73.1 Å². The first-order valence-corrected chi connectivity index (χ1v) is 4.84. The number of halogens is 4. The molecule has 0 saturated heterocycles. The van der Waals surface area contributed by atoms with Crippen LogP contribution in [-0.2, 0) is 0 Å². The third kappa shape index (κ3) is 2.50. The molecule has 0 atom stereocenters. The molecule has 0 aliphatic rings. The molecule has 86 valence electrons. The molecular weight excluding hydrogens is 313 g/mol. The van der Waals surface area contributed by atoms with Crippen molar-refractivity contribution in [1.29, 1.82) is 0 Å². The third-order valence-electron chi connectivity index (χ3n) is 1.59. The summed E-state index contributed by atoms with van der Waals surface area (Å²) in [7, 11) is 0. The van der Waals surface area contributed by atoms with Gasteiger partial charge in [0.1, 0.15) is 15.9 Å². The van der Waals surface area contributed by atoms with Gasteiger partial charge in [-0.15, -0.1) is 0 Å². The monoisotopic (exact) mass is 314 g/mol. The molecular formula is C7H2BrClF2N2O3. The molecule has 0 amide bonds. The fourth-order valence-corrected chi connectivity index (χ4v) is 1.85. The van der Waals surface area contributed by atoms with Gasteiger partial charge in [-0.2, -0.15) is 0 Å². The van der Waals surface area contributed by atoms with Gasteiger partial charge in [-0.25, -0.2) is 13.8 Å². The number of alkyl halides is 2. The van der Waals surface area contributed by atoms with E-state index >= 15 is 0 Å². The van der Waals surface area contributed by atoms with Crippen LogP contribution in [0.5, 0.6) is 0 Å². The zero-order chi connectivity index (χ0) is 12.5. The highest BCUT2D eigenvalue weighted by Crippen LogP contribution is 2.31. The van der Waals surface area contributed by atoms with E-state index < -0.39 is 33.5 Å². The van der Waals surface area contributed by atoms with Crippen LogP contribution in [0.4, 0.5) is 14.5 Å². The molecule has 0 aliphatic carbocycles. The number of nitro groups is 1. The van der Waals surface area contributed by atoms with Gasteiger partial charge in [0.2, 0.25) is 0 Å². The van der Waals surface area contributed by atoms with E-state index in [9.17, 15) is 23.7 Å². The Morgan fingerprint density at radius 2 is 2.19 bits per heavy atom. The Hall–Kier alpha value is -1.15. The van der Waals surface area contributed by atoms with Crippen molar-refractivity contribution in [2.45, 2.75) is 6.43 Å². The number of nitrogens with zero attached hydrogens (tertiary/aromatic N) is 2. The minimum atomic E-state index is -2.98. The SMILES string of the molecule is O=C(Cl)c1c([N+](=O)[O-])cc(C(F)F)nc1Br. The van der Waals surface area contributed by atoms with Crippen LogP contribution in [0.3, 0.4) is 0 Å². The van der Waals surface area contributed by atoms with Gasteiger partial charge in [-0.05, 0) is 27.5 Å². The van der Waals surface area contributed by atoms with Crippen LogP contribution < -0.4 is 0 Å². The Labute approximate surface area is 101 Å². The lowest BCUT2D eigenvalue weighted by Gasteiger charge is -2.03. The van der Waals surface area contributed by atoms with E-state index in [4.69, 9.17) is 11.6 Å². The van der Waals surface area contributed by atoms with E-state index in [2.05, 4.69) is 20.9 Å². The number of pyridine rings is 1. The maximum atomic E-state index is 12.3. The Kier molecular flexibility index (Phi) is 3.87. The van der Waals surface area contributed by atoms with Crippen LogP contribution in [-0.4, -0.2) is 15.1 Å². The first-order chi connectivity index (χ1) is 7.34. The van der Waals surface area contributed by atoms with E-state index in [1.54, 1.807) is 0 Å². The quantitative estimate of drug-likeness (QED) is 0.372. The van der Waals surface area contributed by atoms with Gasteiger partial charge >= 0.3 is 0 Å². The van der Waals surface area contributed by atoms with Crippen molar-refractivity contribution in [3.63, 3.8) is 0 Å². The van der Waals surface area contributed by atoms with E-state index in [-0.39, 0.29) is 4.60 Å². The number of hydrogen-bond donors (Lipinski definition) is 0. The Balaban J connectivity index is 3.52. The first kappa shape index (κ1) is 12.9. The Morgan fingerprint density at radius 1 is 1.62 bits per heavy atom. The summed E-state index contributed by atoms with van der Waals surface area (Å²) in [5, 5.41) is 9.41. The van der Waals surface area contributed by atoms with Gasteiger partial charge in [-0.1, -0.05) is 0 Å². The number of hydrogen-bond acceptors (Lipinski definition) is 4. The molecule has 1 aromatic rings. The van der Waals surface area contributed by atoms with Gasteiger partial charge in [0.05, 0.1) is 4.92 Å². The van der Waals surface area contributed by atoms with Crippen molar-refractivity contribution in [2.24, 2.45) is 0 Å². The van der Waals surface area contributed by atoms with Crippen LogP contribution in [0, 0.1) is 10.1 Å². The fourth-order valence-electron chi connectivity index (χ4n) is 0.957. The van der Waals surface area contributed by atoms with Crippen molar-refractivity contribution in [2.75, 3.05) is 0 Å². The summed E-state index contributed by atoms with van der Waals surface area (Å²) in [6.07, 6.45) is -2.98. The minimum Gasteiger partial charge on any atom is -0.275 e. The number of carbonyl (C=O) groups is 1. The van der Waals surface area contributed by atoms with Crippen LogP contribution in [0.1, 0.15) is 22.5 Å². The normalized spacial score (nSPS) is 10.6.